The van der Waals surface area contributed by atoms with E-state index in [9.17, 15) is 13.2 Å². The summed E-state index contributed by atoms with van der Waals surface area (Å²) in [5.74, 6) is -1.48. The number of carboxylic acids is 1. The maximum absolute atomic E-state index is 12.2. The number of carboxylic acid groups (broad SMARTS) is 1. The quantitative estimate of drug-likeness (QED) is 0.820. The molecule has 1 aliphatic heterocycles. The van der Waals surface area contributed by atoms with Crippen LogP contribution in [0.25, 0.3) is 0 Å². The Hall–Kier alpha value is -1.44. The molecule has 1 aliphatic rings. The maximum Gasteiger partial charge on any atom is 0.306 e. The van der Waals surface area contributed by atoms with E-state index in [4.69, 9.17) is 5.11 Å². The summed E-state index contributed by atoms with van der Waals surface area (Å²) in [5, 5.41) is 8.78. The van der Waals surface area contributed by atoms with Crippen molar-refractivity contribution in [1.82, 2.24) is 9.03 Å². The summed E-state index contributed by atoms with van der Waals surface area (Å²) in [7, 11) is -3.56. The number of carbonyl (C=O) groups is 1. The molecule has 2 N–H and O–H groups in total. The number of benzene rings is 1. The SMILES string of the molecule is CC(CCNS(=O)(=O)N1CCc2ccccc2C1)C(=O)O. The lowest BCUT2D eigenvalue weighted by atomic mass is 10.0. The van der Waals surface area contributed by atoms with Crippen molar-refractivity contribution in [3.8, 4) is 0 Å². The first-order valence-corrected chi connectivity index (χ1v) is 8.38. The summed E-state index contributed by atoms with van der Waals surface area (Å²) in [6.45, 7) is 2.50. The largest absolute Gasteiger partial charge is 0.481 e. The minimum absolute atomic E-state index is 0.133. The minimum Gasteiger partial charge on any atom is -0.481 e. The van der Waals surface area contributed by atoms with Gasteiger partial charge in [-0.1, -0.05) is 31.2 Å². The van der Waals surface area contributed by atoms with Crippen LogP contribution < -0.4 is 4.72 Å². The van der Waals surface area contributed by atoms with Crippen LogP contribution in [0.15, 0.2) is 24.3 Å². The predicted molar refractivity (Wildman–Crippen MR) is 78.9 cm³/mol. The average molecular weight is 312 g/mol. The number of hydrogen-bond acceptors (Lipinski definition) is 3. The fourth-order valence-electron chi connectivity index (χ4n) is 2.29. The molecule has 7 heteroatoms. The van der Waals surface area contributed by atoms with Gasteiger partial charge in [-0.15, -0.1) is 0 Å². The van der Waals surface area contributed by atoms with E-state index in [1.165, 1.54) is 9.87 Å². The molecule has 0 aliphatic carbocycles. The highest BCUT2D eigenvalue weighted by Crippen LogP contribution is 2.20. The highest BCUT2D eigenvalue weighted by molar-refractivity contribution is 7.87. The van der Waals surface area contributed by atoms with Crippen LogP contribution in [0.2, 0.25) is 0 Å². The summed E-state index contributed by atoms with van der Waals surface area (Å²) in [6, 6.07) is 7.80. The average Bonchev–Trinajstić information content (AvgIpc) is 2.46. The third-order valence-corrected chi connectivity index (χ3v) is 5.28. The zero-order valence-electron chi connectivity index (χ0n) is 11.9. The highest BCUT2D eigenvalue weighted by atomic mass is 32.2. The third-order valence-electron chi connectivity index (χ3n) is 3.72. The molecule has 0 amide bonds. The Balaban J connectivity index is 1.94. The normalized spacial score (nSPS) is 17.2. The van der Waals surface area contributed by atoms with E-state index in [0.29, 0.717) is 19.5 Å². The van der Waals surface area contributed by atoms with Gasteiger partial charge in [0.1, 0.15) is 0 Å². The molecule has 116 valence electrons. The molecular weight excluding hydrogens is 292 g/mol. The molecule has 0 saturated carbocycles. The molecule has 1 atom stereocenters. The van der Waals surface area contributed by atoms with E-state index in [2.05, 4.69) is 4.72 Å². The summed E-state index contributed by atoms with van der Waals surface area (Å²) < 4.78 is 28.3. The van der Waals surface area contributed by atoms with Crippen molar-refractivity contribution in [3.05, 3.63) is 35.4 Å². The van der Waals surface area contributed by atoms with E-state index in [-0.39, 0.29) is 13.0 Å². The van der Waals surface area contributed by atoms with Crippen LogP contribution >= 0.6 is 0 Å². The molecule has 21 heavy (non-hydrogen) atoms. The van der Waals surface area contributed by atoms with Gasteiger partial charge < -0.3 is 5.11 Å². The van der Waals surface area contributed by atoms with Crippen molar-refractivity contribution in [2.75, 3.05) is 13.1 Å². The fraction of sp³-hybridized carbons (Fsp3) is 0.500. The van der Waals surface area contributed by atoms with Gasteiger partial charge in [0.2, 0.25) is 0 Å². The predicted octanol–water partition coefficient (Wildman–Crippen LogP) is 0.990. The van der Waals surface area contributed by atoms with Crippen LogP contribution in [0.3, 0.4) is 0 Å². The van der Waals surface area contributed by atoms with Gasteiger partial charge in [-0.3, -0.25) is 4.79 Å². The van der Waals surface area contributed by atoms with E-state index in [1.807, 2.05) is 24.3 Å². The Bertz CT molecular complexity index is 615. The molecule has 0 saturated heterocycles. The minimum atomic E-state index is -3.56. The van der Waals surface area contributed by atoms with Gasteiger partial charge >= 0.3 is 5.97 Å². The number of aliphatic carboxylic acids is 1. The van der Waals surface area contributed by atoms with Crippen LogP contribution in [-0.4, -0.2) is 36.9 Å². The van der Waals surface area contributed by atoms with Crippen molar-refractivity contribution in [3.63, 3.8) is 0 Å². The van der Waals surface area contributed by atoms with Crippen molar-refractivity contribution >= 4 is 16.2 Å². The number of hydrogen-bond donors (Lipinski definition) is 2. The molecule has 6 nitrogen and oxygen atoms in total. The summed E-state index contributed by atoms with van der Waals surface area (Å²) in [6.07, 6.45) is 0.974. The third kappa shape index (κ3) is 4.03. The molecule has 1 aromatic carbocycles. The standard InChI is InChI=1S/C14H20N2O4S/c1-11(14(17)18)6-8-15-21(19,20)16-9-7-12-4-2-3-5-13(12)10-16/h2-5,11,15H,6-10H2,1H3,(H,17,18). The topological polar surface area (TPSA) is 86.7 Å². The van der Waals surface area contributed by atoms with E-state index in [0.717, 1.165) is 5.56 Å². The lowest BCUT2D eigenvalue weighted by Crippen LogP contribution is -2.43. The van der Waals surface area contributed by atoms with Gasteiger partial charge in [0.15, 0.2) is 0 Å². The van der Waals surface area contributed by atoms with Crippen LogP contribution in [0, 0.1) is 5.92 Å². The number of nitrogens with zero attached hydrogens (tertiary/aromatic N) is 1. The monoisotopic (exact) mass is 312 g/mol. The molecule has 0 aromatic heterocycles. The van der Waals surface area contributed by atoms with E-state index in [1.54, 1.807) is 6.92 Å². The molecule has 0 radical (unpaired) electrons. The molecular formula is C14H20N2O4S. The summed E-state index contributed by atoms with van der Waals surface area (Å²) in [5.41, 5.74) is 2.21. The number of nitrogens with one attached hydrogen (secondary N) is 1. The van der Waals surface area contributed by atoms with E-state index >= 15 is 0 Å². The van der Waals surface area contributed by atoms with E-state index < -0.39 is 22.1 Å². The maximum atomic E-state index is 12.2. The molecule has 0 bridgehead atoms. The summed E-state index contributed by atoms with van der Waals surface area (Å²) in [4.78, 5) is 10.7. The zero-order valence-corrected chi connectivity index (χ0v) is 12.8. The van der Waals surface area contributed by atoms with Gasteiger partial charge in [-0.05, 0) is 24.0 Å². The second-order valence-corrected chi connectivity index (χ2v) is 7.03. The summed E-state index contributed by atoms with van der Waals surface area (Å²) >= 11 is 0. The molecule has 1 unspecified atom stereocenters. The number of rotatable bonds is 6. The van der Waals surface area contributed by atoms with Crippen molar-refractivity contribution in [2.24, 2.45) is 5.92 Å². The highest BCUT2D eigenvalue weighted by Gasteiger charge is 2.26. The Morgan fingerprint density at radius 1 is 1.38 bits per heavy atom. The van der Waals surface area contributed by atoms with Crippen LogP contribution in [-0.2, 0) is 28.0 Å². The van der Waals surface area contributed by atoms with Gasteiger partial charge in [-0.2, -0.15) is 12.7 Å². The Morgan fingerprint density at radius 3 is 2.71 bits per heavy atom. The van der Waals surface area contributed by atoms with Gasteiger partial charge in [0.05, 0.1) is 5.92 Å². The molecule has 2 rings (SSSR count). The van der Waals surface area contributed by atoms with Crippen molar-refractivity contribution in [1.29, 1.82) is 0 Å². The lowest BCUT2D eigenvalue weighted by Gasteiger charge is -2.28. The smallest absolute Gasteiger partial charge is 0.306 e. The second-order valence-electron chi connectivity index (χ2n) is 5.28. The molecule has 1 heterocycles. The first-order valence-electron chi connectivity index (χ1n) is 6.94. The number of fused-ring (bicyclic) bond motifs is 1. The van der Waals surface area contributed by atoms with Gasteiger partial charge in [0, 0.05) is 19.6 Å². The van der Waals surface area contributed by atoms with Crippen LogP contribution in [0.1, 0.15) is 24.5 Å². The molecule has 1 aromatic rings. The molecule has 0 fully saturated rings. The first-order chi connectivity index (χ1) is 9.90. The van der Waals surface area contributed by atoms with Crippen molar-refractivity contribution in [2.45, 2.75) is 26.3 Å². The van der Waals surface area contributed by atoms with Crippen molar-refractivity contribution < 1.29 is 18.3 Å². The Labute approximate surface area is 125 Å². The lowest BCUT2D eigenvalue weighted by molar-refractivity contribution is -0.141. The molecule has 0 spiro atoms. The first kappa shape index (κ1) is 15.9. The van der Waals surface area contributed by atoms with Crippen LogP contribution in [0.5, 0.6) is 0 Å². The van der Waals surface area contributed by atoms with Crippen LogP contribution in [0.4, 0.5) is 0 Å². The zero-order chi connectivity index (χ0) is 15.5. The second kappa shape index (κ2) is 6.55. The van der Waals surface area contributed by atoms with Gasteiger partial charge in [-0.25, -0.2) is 4.72 Å². The van der Waals surface area contributed by atoms with Gasteiger partial charge in [0.25, 0.3) is 10.2 Å². The fourth-order valence-corrected chi connectivity index (χ4v) is 3.49. The Kier molecular flexibility index (Phi) is 4.97. The Morgan fingerprint density at radius 2 is 2.05 bits per heavy atom.